The van der Waals surface area contributed by atoms with Gasteiger partial charge in [0, 0.05) is 11.8 Å². The van der Waals surface area contributed by atoms with E-state index in [1.54, 1.807) is 6.07 Å². The van der Waals surface area contributed by atoms with Crippen molar-refractivity contribution in [1.29, 1.82) is 0 Å². The summed E-state index contributed by atoms with van der Waals surface area (Å²) in [5.41, 5.74) is 7.34. The van der Waals surface area contributed by atoms with Crippen molar-refractivity contribution in [1.82, 2.24) is 24.5 Å². The topological polar surface area (TPSA) is 104 Å². The highest BCUT2D eigenvalue weighted by molar-refractivity contribution is 5.76. The Labute approximate surface area is 155 Å². The molecule has 2 aromatic carbocycles. The molecule has 0 fully saturated rings. The van der Waals surface area contributed by atoms with E-state index in [0.29, 0.717) is 11.0 Å². The van der Waals surface area contributed by atoms with Gasteiger partial charge in [-0.15, -0.1) is 0 Å². The number of para-hydroxylation sites is 2. The van der Waals surface area contributed by atoms with Crippen LogP contribution < -0.4 is 15.8 Å². The minimum atomic E-state index is -3.12. The Balaban J connectivity index is 1.65. The van der Waals surface area contributed by atoms with E-state index >= 15 is 0 Å². The quantitative estimate of drug-likeness (QED) is 0.543. The SMILES string of the molecule is Nc1nc(Nc2ccc(OC(F)F)c(F)c2)nc(-n2[c]nc3ccccc32)n1. The van der Waals surface area contributed by atoms with Gasteiger partial charge in [-0.05, 0) is 24.3 Å². The number of nitrogens with one attached hydrogen (secondary N) is 1. The van der Waals surface area contributed by atoms with Crippen molar-refractivity contribution < 1.29 is 17.9 Å². The average molecular weight is 386 g/mol. The molecule has 0 aliphatic rings. The monoisotopic (exact) mass is 386 g/mol. The molecule has 0 unspecified atom stereocenters. The molecular formula is C17H11F3N7O. The van der Waals surface area contributed by atoms with Gasteiger partial charge in [-0.25, -0.2) is 9.37 Å². The number of fused-ring (bicyclic) bond motifs is 1. The molecule has 2 aromatic heterocycles. The number of halogens is 3. The summed E-state index contributed by atoms with van der Waals surface area (Å²) in [7, 11) is 0. The average Bonchev–Trinajstić information content (AvgIpc) is 3.07. The van der Waals surface area contributed by atoms with Gasteiger partial charge in [0.05, 0.1) is 11.0 Å². The largest absolute Gasteiger partial charge is 0.432 e. The van der Waals surface area contributed by atoms with E-state index in [4.69, 9.17) is 5.73 Å². The summed E-state index contributed by atoms with van der Waals surface area (Å²) in [6.45, 7) is -3.12. The van der Waals surface area contributed by atoms with Gasteiger partial charge in [0.1, 0.15) is 0 Å². The highest BCUT2D eigenvalue weighted by Gasteiger charge is 2.13. The summed E-state index contributed by atoms with van der Waals surface area (Å²) in [6, 6.07) is 10.6. The standard InChI is InChI=1S/C17H11F3N7O/c18-10-7-9(5-6-13(10)28-14(19)20)23-16-24-15(21)25-17(26-16)27-8-22-11-3-1-2-4-12(11)27/h1-7,14H,(H3,21,23,24,25,26). The van der Waals surface area contributed by atoms with Gasteiger partial charge in [0.15, 0.2) is 17.9 Å². The number of nitrogen functional groups attached to an aromatic ring is 1. The first kappa shape index (κ1) is 17.5. The lowest BCUT2D eigenvalue weighted by molar-refractivity contribution is -0.0521. The van der Waals surface area contributed by atoms with Crippen LogP contribution in [-0.2, 0) is 0 Å². The number of aromatic nitrogens is 5. The summed E-state index contributed by atoms with van der Waals surface area (Å²) in [4.78, 5) is 16.4. The zero-order valence-corrected chi connectivity index (χ0v) is 14.0. The van der Waals surface area contributed by atoms with E-state index < -0.39 is 18.2 Å². The second kappa shape index (κ2) is 7.02. The Kier molecular flexibility index (Phi) is 4.39. The van der Waals surface area contributed by atoms with Crippen LogP contribution in [0.5, 0.6) is 5.75 Å². The molecule has 0 saturated heterocycles. The van der Waals surface area contributed by atoms with Crippen molar-refractivity contribution >= 4 is 28.6 Å². The zero-order chi connectivity index (χ0) is 19.7. The molecule has 0 spiro atoms. The first-order chi connectivity index (χ1) is 13.5. The third-order valence-electron chi connectivity index (χ3n) is 3.64. The van der Waals surface area contributed by atoms with Crippen LogP contribution in [0.1, 0.15) is 0 Å². The normalized spacial score (nSPS) is 11.1. The molecule has 0 aliphatic carbocycles. The lowest BCUT2D eigenvalue weighted by Gasteiger charge is -2.10. The van der Waals surface area contributed by atoms with Gasteiger partial charge < -0.3 is 15.8 Å². The van der Waals surface area contributed by atoms with Crippen molar-refractivity contribution in [2.24, 2.45) is 0 Å². The van der Waals surface area contributed by atoms with E-state index in [9.17, 15) is 13.2 Å². The maximum atomic E-state index is 13.9. The molecule has 28 heavy (non-hydrogen) atoms. The second-order valence-corrected chi connectivity index (χ2v) is 5.50. The van der Waals surface area contributed by atoms with Crippen LogP contribution in [0.3, 0.4) is 0 Å². The molecule has 0 saturated carbocycles. The van der Waals surface area contributed by atoms with Crippen LogP contribution in [0.25, 0.3) is 17.0 Å². The predicted octanol–water partition coefficient (Wildman–Crippen LogP) is 3.08. The number of hydrogen-bond donors (Lipinski definition) is 2. The molecule has 0 atom stereocenters. The van der Waals surface area contributed by atoms with Crippen LogP contribution >= 0.6 is 0 Å². The lowest BCUT2D eigenvalue weighted by atomic mass is 10.3. The van der Waals surface area contributed by atoms with E-state index in [2.05, 4.69) is 36.3 Å². The summed E-state index contributed by atoms with van der Waals surface area (Å²) in [5, 5.41) is 2.74. The molecule has 4 aromatic rings. The first-order valence-corrected chi connectivity index (χ1v) is 7.88. The van der Waals surface area contributed by atoms with Crippen molar-refractivity contribution in [2.45, 2.75) is 6.61 Å². The number of anilines is 3. The van der Waals surface area contributed by atoms with Gasteiger partial charge in [0.2, 0.25) is 17.8 Å². The minimum Gasteiger partial charge on any atom is -0.432 e. The maximum absolute atomic E-state index is 13.9. The second-order valence-electron chi connectivity index (χ2n) is 5.50. The number of hydrogen-bond acceptors (Lipinski definition) is 7. The van der Waals surface area contributed by atoms with Crippen molar-refractivity contribution in [3.05, 3.63) is 54.6 Å². The number of benzene rings is 2. The number of rotatable bonds is 5. The maximum Gasteiger partial charge on any atom is 0.387 e. The van der Waals surface area contributed by atoms with Gasteiger partial charge in [-0.1, -0.05) is 12.1 Å². The number of nitrogens with two attached hydrogens (primary N) is 1. The fraction of sp³-hybridized carbons (Fsp3) is 0.0588. The Hall–Kier alpha value is -3.89. The fourth-order valence-corrected chi connectivity index (χ4v) is 2.49. The molecule has 0 aliphatic heterocycles. The van der Waals surface area contributed by atoms with Gasteiger partial charge in [0.25, 0.3) is 0 Å². The zero-order valence-electron chi connectivity index (χ0n) is 14.0. The number of imidazole rings is 1. The number of ether oxygens (including phenoxy) is 1. The number of nitrogens with zero attached hydrogens (tertiary/aromatic N) is 5. The number of alkyl halides is 2. The predicted molar refractivity (Wildman–Crippen MR) is 94.0 cm³/mol. The Bertz CT molecular complexity index is 1150. The van der Waals surface area contributed by atoms with Gasteiger partial charge in [-0.2, -0.15) is 23.7 Å². The van der Waals surface area contributed by atoms with Crippen molar-refractivity contribution in [3.63, 3.8) is 0 Å². The minimum absolute atomic E-state index is 0.0237. The van der Waals surface area contributed by atoms with Crippen LogP contribution in [0, 0.1) is 12.1 Å². The van der Waals surface area contributed by atoms with Crippen LogP contribution in [0.2, 0.25) is 0 Å². The first-order valence-electron chi connectivity index (χ1n) is 7.88. The molecule has 4 rings (SSSR count). The lowest BCUT2D eigenvalue weighted by Crippen LogP contribution is -2.09. The molecule has 11 heteroatoms. The van der Waals surface area contributed by atoms with E-state index in [1.807, 2.05) is 18.2 Å². The Morgan fingerprint density at radius 3 is 2.71 bits per heavy atom. The van der Waals surface area contributed by atoms with Crippen molar-refractivity contribution in [3.8, 4) is 11.7 Å². The Morgan fingerprint density at radius 1 is 1.11 bits per heavy atom. The van der Waals surface area contributed by atoms with Crippen LogP contribution in [0.4, 0.5) is 30.8 Å². The highest BCUT2D eigenvalue weighted by atomic mass is 19.3. The van der Waals surface area contributed by atoms with Gasteiger partial charge >= 0.3 is 6.61 Å². The highest BCUT2D eigenvalue weighted by Crippen LogP contribution is 2.24. The summed E-state index contributed by atoms with van der Waals surface area (Å²) in [5.74, 6) is -1.45. The van der Waals surface area contributed by atoms with E-state index in [-0.39, 0.29) is 23.5 Å². The fourth-order valence-electron chi connectivity index (χ4n) is 2.49. The third-order valence-corrected chi connectivity index (χ3v) is 3.64. The third kappa shape index (κ3) is 3.49. The molecule has 141 valence electrons. The summed E-state index contributed by atoms with van der Waals surface area (Å²) in [6.07, 6.45) is 2.77. The molecular weight excluding hydrogens is 375 g/mol. The molecule has 1 radical (unpaired) electrons. The molecule has 0 bridgehead atoms. The molecule has 2 heterocycles. The molecule has 3 N–H and O–H groups in total. The Morgan fingerprint density at radius 2 is 1.93 bits per heavy atom. The smallest absolute Gasteiger partial charge is 0.387 e. The summed E-state index contributed by atoms with van der Waals surface area (Å²) >= 11 is 0. The van der Waals surface area contributed by atoms with Crippen LogP contribution in [-0.4, -0.2) is 31.1 Å². The molecule has 8 nitrogen and oxygen atoms in total. The van der Waals surface area contributed by atoms with Gasteiger partial charge in [-0.3, -0.25) is 4.57 Å². The van der Waals surface area contributed by atoms with Crippen molar-refractivity contribution in [2.75, 3.05) is 11.1 Å². The van der Waals surface area contributed by atoms with E-state index in [1.165, 1.54) is 10.6 Å². The van der Waals surface area contributed by atoms with Crippen LogP contribution in [0.15, 0.2) is 42.5 Å². The summed E-state index contributed by atoms with van der Waals surface area (Å²) < 4.78 is 43.9. The molecule has 0 amide bonds. The van der Waals surface area contributed by atoms with E-state index in [0.717, 1.165) is 12.1 Å².